The summed E-state index contributed by atoms with van der Waals surface area (Å²) in [5.74, 6) is 1.63. The minimum Gasteiger partial charge on any atom is -0.377 e. The molecule has 3 aliphatic carbocycles. The fraction of sp³-hybridized carbons (Fsp3) is 0.818. The van der Waals surface area contributed by atoms with E-state index >= 15 is 0 Å². The predicted octanol–water partition coefficient (Wildman–Crippen LogP) is 2.83. The van der Waals surface area contributed by atoms with Gasteiger partial charge in [0.2, 0.25) is 0 Å². The van der Waals surface area contributed by atoms with Crippen molar-refractivity contribution in [3.63, 3.8) is 0 Å². The molecule has 1 spiro atoms. The Labute approximate surface area is 168 Å². The Morgan fingerprint density at radius 2 is 2.11 bits per heavy atom. The molecule has 0 amide bonds. The first kappa shape index (κ1) is 18.5. The second kappa shape index (κ2) is 7.05. The first-order valence-electron chi connectivity index (χ1n) is 11.3. The molecule has 3 fully saturated rings. The van der Waals surface area contributed by atoms with Crippen LogP contribution < -0.4 is 10.6 Å². The fourth-order valence-electron chi connectivity index (χ4n) is 6.32. The lowest BCUT2D eigenvalue weighted by Crippen LogP contribution is -2.69. The minimum atomic E-state index is 0.356. The molecule has 28 heavy (non-hydrogen) atoms. The Bertz CT molecular complexity index is 748. The molecule has 6 nitrogen and oxygen atoms in total. The van der Waals surface area contributed by atoms with Crippen molar-refractivity contribution in [3.8, 4) is 0 Å². The van der Waals surface area contributed by atoms with E-state index in [0.717, 1.165) is 31.8 Å². The van der Waals surface area contributed by atoms with Crippen LogP contribution in [0.1, 0.15) is 69.7 Å². The summed E-state index contributed by atoms with van der Waals surface area (Å²) in [5, 5.41) is 12.4. The van der Waals surface area contributed by atoms with E-state index in [9.17, 15) is 0 Å². The second-order valence-corrected chi connectivity index (χ2v) is 9.64. The first-order valence-corrected chi connectivity index (χ1v) is 11.3. The maximum Gasteiger partial charge on any atom is 0.191 e. The van der Waals surface area contributed by atoms with Crippen LogP contribution in [0.2, 0.25) is 0 Å². The maximum absolute atomic E-state index is 6.13. The van der Waals surface area contributed by atoms with Crippen LogP contribution in [0.3, 0.4) is 0 Å². The molecule has 1 aromatic rings. The number of aliphatic imine (C=N–C) groups is 1. The lowest BCUT2D eigenvalue weighted by molar-refractivity contribution is -0.125. The lowest BCUT2D eigenvalue weighted by Gasteiger charge is -2.57. The number of guanidine groups is 1. The Balaban J connectivity index is 1.25. The van der Waals surface area contributed by atoms with E-state index in [0.29, 0.717) is 35.6 Å². The number of rotatable bonds is 3. The van der Waals surface area contributed by atoms with Crippen molar-refractivity contribution in [2.75, 3.05) is 13.7 Å². The van der Waals surface area contributed by atoms with Crippen molar-refractivity contribution in [3.05, 3.63) is 17.5 Å². The topological polar surface area (TPSA) is 63.5 Å². The van der Waals surface area contributed by atoms with Gasteiger partial charge in [-0.15, -0.1) is 0 Å². The van der Waals surface area contributed by atoms with E-state index in [1.54, 1.807) is 0 Å². The SMILES string of the molecule is CN=C(NC1CCc2cn(C(C)C)nc2C1)NC1C2CCOC2C12CCCC2. The van der Waals surface area contributed by atoms with Crippen molar-refractivity contribution in [2.45, 2.75) is 89.4 Å². The monoisotopic (exact) mass is 385 g/mol. The molecule has 0 radical (unpaired) electrons. The maximum atomic E-state index is 6.13. The van der Waals surface area contributed by atoms with Gasteiger partial charge in [-0.25, -0.2) is 0 Å². The number of hydrogen-bond acceptors (Lipinski definition) is 3. The van der Waals surface area contributed by atoms with Crippen LogP contribution in [0, 0.1) is 11.3 Å². The van der Waals surface area contributed by atoms with Crippen molar-refractivity contribution in [1.29, 1.82) is 0 Å². The van der Waals surface area contributed by atoms with E-state index in [4.69, 9.17) is 9.84 Å². The predicted molar refractivity (Wildman–Crippen MR) is 111 cm³/mol. The van der Waals surface area contributed by atoms with Gasteiger partial charge in [0.1, 0.15) is 0 Å². The van der Waals surface area contributed by atoms with Crippen LogP contribution in [-0.4, -0.2) is 47.6 Å². The van der Waals surface area contributed by atoms with E-state index in [2.05, 4.69) is 40.4 Å². The number of aryl methyl sites for hydroxylation is 1. The summed E-state index contributed by atoms with van der Waals surface area (Å²) in [6.07, 6.45) is 12.5. The Kier molecular flexibility index (Phi) is 4.65. The average molecular weight is 386 g/mol. The van der Waals surface area contributed by atoms with Crippen molar-refractivity contribution in [2.24, 2.45) is 16.3 Å². The highest BCUT2D eigenvalue weighted by molar-refractivity contribution is 5.80. The molecule has 6 heteroatoms. The summed E-state index contributed by atoms with van der Waals surface area (Å²) in [6, 6.07) is 1.35. The minimum absolute atomic E-state index is 0.356. The molecule has 4 atom stereocenters. The Morgan fingerprint density at radius 1 is 1.29 bits per heavy atom. The summed E-state index contributed by atoms with van der Waals surface area (Å²) in [7, 11) is 1.90. The zero-order valence-electron chi connectivity index (χ0n) is 17.6. The summed E-state index contributed by atoms with van der Waals surface area (Å²) < 4.78 is 8.24. The van der Waals surface area contributed by atoms with Crippen LogP contribution in [0.25, 0.3) is 0 Å². The summed E-state index contributed by atoms with van der Waals surface area (Å²) >= 11 is 0. The van der Waals surface area contributed by atoms with Gasteiger partial charge < -0.3 is 15.4 Å². The van der Waals surface area contributed by atoms with Gasteiger partial charge >= 0.3 is 0 Å². The van der Waals surface area contributed by atoms with Gasteiger partial charge in [0, 0.05) is 55.7 Å². The molecule has 0 aromatic carbocycles. The molecule has 1 aliphatic heterocycles. The Hall–Kier alpha value is -1.56. The van der Waals surface area contributed by atoms with Crippen LogP contribution in [0.5, 0.6) is 0 Å². The average Bonchev–Trinajstić information content (AvgIpc) is 3.42. The van der Waals surface area contributed by atoms with Gasteiger partial charge in [0.25, 0.3) is 0 Å². The van der Waals surface area contributed by atoms with Crippen molar-refractivity contribution >= 4 is 5.96 Å². The van der Waals surface area contributed by atoms with Gasteiger partial charge in [-0.3, -0.25) is 9.67 Å². The third-order valence-corrected chi connectivity index (χ3v) is 7.77. The third kappa shape index (κ3) is 2.87. The standard InChI is InChI=1S/C22H35N5O/c1-14(2)27-13-15-6-7-16(12-18(15)26-27)24-21(23-3)25-19-17-8-11-28-20(17)22(19)9-4-5-10-22/h13-14,16-17,19-20H,4-12H2,1-3H3,(H2,23,24,25). The number of nitrogens with zero attached hydrogens (tertiary/aromatic N) is 3. The number of fused-ring (bicyclic) bond motifs is 3. The molecular formula is C22H35N5O. The molecular weight excluding hydrogens is 350 g/mol. The highest BCUT2D eigenvalue weighted by Crippen LogP contribution is 2.60. The third-order valence-electron chi connectivity index (χ3n) is 7.77. The zero-order chi connectivity index (χ0) is 19.3. The fourth-order valence-corrected chi connectivity index (χ4v) is 6.32. The molecule has 2 N–H and O–H groups in total. The molecule has 2 saturated carbocycles. The zero-order valence-corrected chi connectivity index (χ0v) is 17.6. The number of nitrogens with one attached hydrogen (secondary N) is 2. The van der Waals surface area contributed by atoms with Gasteiger partial charge in [-0.2, -0.15) is 5.10 Å². The van der Waals surface area contributed by atoms with Gasteiger partial charge in [0.05, 0.1) is 11.8 Å². The second-order valence-electron chi connectivity index (χ2n) is 9.64. The smallest absolute Gasteiger partial charge is 0.191 e. The van der Waals surface area contributed by atoms with Crippen LogP contribution in [0.15, 0.2) is 11.2 Å². The molecule has 1 aromatic heterocycles. The molecule has 4 unspecified atom stereocenters. The first-order chi connectivity index (χ1) is 13.6. The number of ether oxygens (including phenoxy) is 1. The molecule has 1 saturated heterocycles. The van der Waals surface area contributed by atoms with E-state index in [-0.39, 0.29) is 0 Å². The molecule has 4 aliphatic rings. The molecule has 154 valence electrons. The normalized spacial score (nSPS) is 33.6. The van der Waals surface area contributed by atoms with Gasteiger partial charge in [0.15, 0.2) is 5.96 Å². The molecule has 5 rings (SSSR count). The van der Waals surface area contributed by atoms with Crippen LogP contribution >= 0.6 is 0 Å². The van der Waals surface area contributed by atoms with E-state index < -0.39 is 0 Å². The van der Waals surface area contributed by atoms with Crippen LogP contribution in [-0.2, 0) is 17.6 Å². The highest BCUT2D eigenvalue weighted by Gasteiger charge is 2.65. The van der Waals surface area contributed by atoms with Crippen molar-refractivity contribution in [1.82, 2.24) is 20.4 Å². The van der Waals surface area contributed by atoms with E-state index in [1.807, 2.05) is 7.05 Å². The quantitative estimate of drug-likeness (QED) is 0.620. The summed E-state index contributed by atoms with van der Waals surface area (Å²) in [6.45, 7) is 5.32. The van der Waals surface area contributed by atoms with Crippen LogP contribution in [0.4, 0.5) is 0 Å². The molecule has 2 heterocycles. The number of aromatic nitrogens is 2. The number of hydrogen-bond donors (Lipinski definition) is 2. The summed E-state index contributed by atoms with van der Waals surface area (Å²) in [4.78, 5) is 4.59. The van der Waals surface area contributed by atoms with Gasteiger partial charge in [-0.05, 0) is 51.5 Å². The van der Waals surface area contributed by atoms with Gasteiger partial charge in [-0.1, -0.05) is 12.8 Å². The highest BCUT2D eigenvalue weighted by atomic mass is 16.5. The van der Waals surface area contributed by atoms with E-state index in [1.165, 1.54) is 43.4 Å². The lowest BCUT2D eigenvalue weighted by atomic mass is 9.54. The molecule has 0 bridgehead atoms. The van der Waals surface area contributed by atoms with Crippen molar-refractivity contribution < 1.29 is 4.74 Å². The summed E-state index contributed by atoms with van der Waals surface area (Å²) in [5.41, 5.74) is 3.03. The Morgan fingerprint density at radius 3 is 2.86 bits per heavy atom. The largest absolute Gasteiger partial charge is 0.377 e.